The predicted octanol–water partition coefficient (Wildman–Crippen LogP) is 2.26. The van der Waals surface area contributed by atoms with Crippen molar-refractivity contribution in [1.29, 1.82) is 0 Å². The van der Waals surface area contributed by atoms with Crippen LogP contribution < -0.4 is 10.6 Å². The van der Waals surface area contributed by atoms with E-state index in [1.165, 1.54) is 11.3 Å². The molecule has 0 spiro atoms. The highest BCUT2D eigenvalue weighted by atomic mass is 32.1. The van der Waals surface area contributed by atoms with Gasteiger partial charge in [0.1, 0.15) is 11.0 Å². The number of hydrogen-bond acceptors (Lipinski definition) is 5. The second-order valence-electron chi connectivity index (χ2n) is 5.17. The average Bonchev–Trinajstić information content (AvgIpc) is 2.93. The van der Waals surface area contributed by atoms with E-state index in [2.05, 4.69) is 20.8 Å². The highest BCUT2D eigenvalue weighted by Crippen LogP contribution is 2.26. The number of aromatic nitrogens is 2. The van der Waals surface area contributed by atoms with Gasteiger partial charge in [-0.25, -0.2) is 9.59 Å². The van der Waals surface area contributed by atoms with Crippen molar-refractivity contribution < 1.29 is 14.7 Å². The zero-order chi connectivity index (χ0) is 15.2. The van der Waals surface area contributed by atoms with Gasteiger partial charge < -0.3 is 10.4 Å². The first-order valence-corrected chi connectivity index (χ1v) is 8.04. The van der Waals surface area contributed by atoms with E-state index in [0.29, 0.717) is 5.13 Å². The Morgan fingerprint density at radius 3 is 2.62 bits per heavy atom. The van der Waals surface area contributed by atoms with Gasteiger partial charge in [0, 0.05) is 0 Å². The van der Waals surface area contributed by atoms with Crippen LogP contribution in [0.3, 0.4) is 0 Å². The third kappa shape index (κ3) is 4.38. The van der Waals surface area contributed by atoms with Crippen molar-refractivity contribution >= 4 is 28.5 Å². The maximum atomic E-state index is 11.9. The Labute approximate surface area is 127 Å². The van der Waals surface area contributed by atoms with Crippen molar-refractivity contribution in [2.24, 2.45) is 5.92 Å². The molecule has 0 aromatic carbocycles. The predicted molar refractivity (Wildman–Crippen MR) is 79.4 cm³/mol. The van der Waals surface area contributed by atoms with Crippen LogP contribution in [0.25, 0.3) is 0 Å². The lowest BCUT2D eigenvalue weighted by Crippen LogP contribution is -2.48. The van der Waals surface area contributed by atoms with E-state index in [1.807, 2.05) is 6.92 Å². The summed E-state index contributed by atoms with van der Waals surface area (Å²) in [5.41, 5.74) is 0. The van der Waals surface area contributed by atoms with Crippen molar-refractivity contribution in [2.75, 3.05) is 5.32 Å². The first kappa shape index (κ1) is 15.7. The van der Waals surface area contributed by atoms with E-state index in [4.69, 9.17) is 0 Å². The molecule has 0 radical (unpaired) electrons. The first-order valence-electron chi connectivity index (χ1n) is 7.23. The summed E-state index contributed by atoms with van der Waals surface area (Å²) in [6.45, 7) is 1.95. The summed E-state index contributed by atoms with van der Waals surface area (Å²) in [4.78, 5) is 23.3. The Morgan fingerprint density at radius 2 is 2.05 bits per heavy atom. The Hall–Kier alpha value is -1.70. The standard InChI is InChI=1S/C13H20N4O3S/c1-2-9-16-17-13(21-9)15-12(20)14-10(11(18)19)8-6-4-3-5-7-8/h8,10H,2-7H2,1H3,(H,18,19)(H2,14,15,17,20). The number of aryl methyl sites for hydroxylation is 1. The van der Waals surface area contributed by atoms with Crippen LogP contribution in [0.2, 0.25) is 0 Å². The number of nitrogens with zero attached hydrogens (tertiary/aromatic N) is 2. The molecular weight excluding hydrogens is 292 g/mol. The van der Waals surface area contributed by atoms with Crippen LogP contribution in [0.1, 0.15) is 44.0 Å². The Morgan fingerprint density at radius 1 is 1.33 bits per heavy atom. The molecule has 1 aromatic rings. The number of nitrogens with one attached hydrogen (secondary N) is 2. The maximum absolute atomic E-state index is 11.9. The van der Waals surface area contributed by atoms with Crippen molar-refractivity contribution in [3.05, 3.63) is 5.01 Å². The van der Waals surface area contributed by atoms with E-state index in [9.17, 15) is 14.7 Å². The molecule has 7 nitrogen and oxygen atoms in total. The summed E-state index contributed by atoms with van der Waals surface area (Å²) in [7, 11) is 0. The molecule has 0 aliphatic heterocycles. The van der Waals surface area contributed by atoms with E-state index >= 15 is 0 Å². The van der Waals surface area contributed by atoms with Crippen molar-refractivity contribution in [2.45, 2.75) is 51.5 Å². The van der Waals surface area contributed by atoms with E-state index in [-0.39, 0.29) is 5.92 Å². The van der Waals surface area contributed by atoms with Gasteiger partial charge in [0.2, 0.25) is 5.13 Å². The minimum Gasteiger partial charge on any atom is -0.480 e. The molecule has 1 heterocycles. The van der Waals surface area contributed by atoms with Gasteiger partial charge in [-0.3, -0.25) is 5.32 Å². The van der Waals surface area contributed by atoms with Gasteiger partial charge in [-0.15, -0.1) is 10.2 Å². The third-order valence-corrected chi connectivity index (χ3v) is 4.65. The van der Waals surface area contributed by atoms with Crippen molar-refractivity contribution in [3.8, 4) is 0 Å². The Balaban J connectivity index is 1.92. The number of hydrogen-bond donors (Lipinski definition) is 3. The highest BCUT2D eigenvalue weighted by molar-refractivity contribution is 7.15. The van der Waals surface area contributed by atoms with E-state index < -0.39 is 18.0 Å². The second kappa shape index (κ2) is 7.35. The summed E-state index contributed by atoms with van der Waals surface area (Å²) in [6, 6.07) is -1.38. The number of amides is 2. The van der Waals surface area contributed by atoms with Gasteiger partial charge >= 0.3 is 12.0 Å². The number of anilines is 1. The molecule has 1 saturated carbocycles. The molecule has 1 aliphatic rings. The van der Waals surface area contributed by atoms with Crippen molar-refractivity contribution in [3.63, 3.8) is 0 Å². The lowest BCUT2D eigenvalue weighted by molar-refractivity contribution is -0.141. The summed E-state index contributed by atoms with van der Waals surface area (Å²) in [5.74, 6) is -0.980. The van der Waals surface area contributed by atoms with Crippen LogP contribution in [0.15, 0.2) is 0 Å². The van der Waals surface area contributed by atoms with Crippen LogP contribution in [-0.2, 0) is 11.2 Å². The maximum Gasteiger partial charge on any atom is 0.326 e. The van der Waals surface area contributed by atoms with Gasteiger partial charge in [-0.2, -0.15) is 0 Å². The molecule has 2 rings (SSSR count). The summed E-state index contributed by atoms with van der Waals surface area (Å²) < 4.78 is 0. The van der Waals surface area contributed by atoms with E-state index in [0.717, 1.165) is 43.5 Å². The average molecular weight is 312 g/mol. The summed E-state index contributed by atoms with van der Waals surface area (Å²) in [6.07, 6.45) is 5.62. The van der Waals surface area contributed by atoms with Gasteiger partial charge in [0.05, 0.1) is 0 Å². The number of carboxylic acid groups (broad SMARTS) is 1. The van der Waals surface area contributed by atoms with E-state index in [1.54, 1.807) is 0 Å². The molecule has 2 amide bonds. The van der Waals surface area contributed by atoms with Crippen LogP contribution in [0.5, 0.6) is 0 Å². The summed E-state index contributed by atoms with van der Waals surface area (Å²) in [5, 5.41) is 23.4. The monoisotopic (exact) mass is 312 g/mol. The van der Waals surface area contributed by atoms with Gasteiger partial charge in [0.25, 0.3) is 0 Å². The number of carboxylic acids is 1. The molecule has 1 unspecified atom stereocenters. The van der Waals surface area contributed by atoms with Crippen LogP contribution in [0, 0.1) is 5.92 Å². The molecule has 1 atom stereocenters. The first-order chi connectivity index (χ1) is 10.1. The normalized spacial score (nSPS) is 17.2. The van der Waals surface area contributed by atoms with Crippen LogP contribution >= 0.6 is 11.3 Å². The van der Waals surface area contributed by atoms with Gasteiger partial charge in [0.15, 0.2) is 0 Å². The minimum absolute atomic E-state index is 0.00243. The Kier molecular flexibility index (Phi) is 5.49. The third-order valence-electron chi connectivity index (χ3n) is 3.66. The number of urea groups is 1. The van der Waals surface area contributed by atoms with Gasteiger partial charge in [-0.05, 0) is 25.2 Å². The minimum atomic E-state index is -0.983. The number of carbonyl (C=O) groups excluding carboxylic acids is 1. The zero-order valence-electron chi connectivity index (χ0n) is 12.0. The fraction of sp³-hybridized carbons (Fsp3) is 0.692. The molecule has 116 valence electrons. The van der Waals surface area contributed by atoms with Gasteiger partial charge in [-0.1, -0.05) is 37.5 Å². The molecule has 8 heteroatoms. The topological polar surface area (TPSA) is 104 Å². The second-order valence-corrected chi connectivity index (χ2v) is 6.23. The van der Waals surface area contributed by atoms with Crippen LogP contribution in [0.4, 0.5) is 9.93 Å². The Bertz CT molecular complexity index is 499. The lowest BCUT2D eigenvalue weighted by atomic mass is 9.84. The molecule has 21 heavy (non-hydrogen) atoms. The number of aliphatic carboxylic acids is 1. The SMILES string of the molecule is CCc1nnc(NC(=O)NC(C(=O)O)C2CCCCC2)s1. The smallest absolute Gasteiger partial charge is 0.326 e. The summed E-state index contributed by atoms with van der Waals surface area (Å²) >= 11 is 1.29. The molecule has 1 aromatic heterocycles. The molecule has 0 saturated heterocycles. The molecule has 0 bridgehead atoms. The fourth-order valence-corrected chi connectivity index (χ4v) is 3.24. The largest absolute Gasteiger partial charge is 0.480 e. The highest BCUT2D eigenvalue weighted by Gasteiger charge is 2.30. The molecule has 1 aliphatic carbocycles. The quantitative estimate of drug-likeness (QED) is 0.773. The number of carbonyl (C=O) groups is 2. The van der Waals surface area contributed by atoms with Crippen molar-refractivity contribution in [1.82, 2.24) is 15.5 Å². The lowest BCUT2D eigenvalue weighted by Gasteiger charge is -2.27. The van der Waals surface area contributed by atoms with Crippen LogP contribution in [-0.4, -0.2) is 33.3 Å². The fourth-order valence-electron chi connectivity index (χ4n) is 2.57. The molecular formula is C13H20N4O3S. The molecule has 1 fully saturated rings. The number of rotatable bonds is 5. The molecule has 3 N–H and O–H groups in total. The zero-order valence-corrected chi connectivity index (χ0v) is 12.8.